The molecule has 140 valence electrons. The first-order chi connectivity index (χ1) is 11.2. The van der Waals surface area contributed by atoms with Crippen molar-refractivity contribution >= 4 is 35.0 Å². The van der Waals surface area contributed by atoms with Crippen molar-refractivity contribution in [2.45, 2.75) is 26.4 Å². The van der Waals surface area contributed by atoms with Gasteiger partial charge in [0.2, 0.25) is 5.90 Å². The fourth-order valence-corrected chi connectivity index (χ4v) is 1.54. The number of rotatable bonds is 2. The van der Waals surface area contributed by atoms with E-state index in [2.05, 4.69) is 20.0 Å². The summed E-state index contributed by atoms with van der Waals surface area (Å²) < 4.78 is 5.44. The molecule has 1 aromatic carbocycles. The molecule has 0 radical (unpaired) electrons. The molecule has 0 unspecified atom stereocenters. The van der Waals surface area contributed by atoms with Crippen LogP contribution in [0.15, 0.2) is 44.2 Å². The molecule has 25 heavy (non-hydrogen) atoms. The van der Waals surface area contributed by atoms with Gasteiger partial charge in [0.1, 0.15) is 5.60 Å². The normalized spacial score (nSPS) is 14.1. The van der Waals surface area contributed by atoms with Gasteiger partial charge in [0.05, 0.1) is 17.3 Å². The van der Waals surface area contributed by atoms with Crippen LogP contribution in [0.1, 0.15) is 20.8 Å². The average Bonchev–Trinajstić information content (AvgIpc) is 2.52. The largest absolute Gasteiger partial charge is 0.858 e. The summed E-state index contributed by atoms with van der Waals surface area (Å²) in [6.45, 7) is 5.31. The van der Waals surface area contributed by atoms with Crippen molar-refractivity contribution in [3.05, 3.63) is 24.3 Å². The molecule has 0 saturated carbocycles. The molecule has 0 bridgehead atoms. The van der Waals surface area contributed by atoms with E-state index >= 15 is 0 Å². The van der Waals surface area contributed by atoms with Crippen LogP contribution in [0.4, 0.5) is 11.4 Å². The Hall–Kier alpha value is -2.41. The quantitative estimate of drug-likeness (QED) is 0.390. The van der Waals surface area contributed by atoms with Gasteiger partial charge in [-0.3, -0.25) is 15.0 Å². The van der Waals surface area contributed by atoms with Crippen LogP contribution in [0.5, 0.6) is 0 Å². The Balaban J connectivity index is 0.00000576. The molecule has 0 aliphatic carbocycles. The Bertz CT molecular complexity index is 706. The first kappa shape index (κ1) is 22.6. The predicted octanol–water partition coefficient (Wildman–Crippen LogP) is -0.303. The maximum atomic E-state index is 12.2. The predicted molar refractivity (Wildman–Crippen MR) is 88.2 cm³/mol. The Morgan fingerprint density at radius 1 is 0.840 bits per heavy atom. The molecule has 0 spiro atoms. The topological polar surface area (TPSA) is 128 Å². The van der Waals surface area contributed by atoms with Crippen LogP contribution in [-0.2, 0) is 21.2 Å². The van der Waals surface area contributed by atoms with Crippen LogP contribution in [-0.4, -0.2) is 43.3 Å². The van der Waals surface area contributed by atoms with Crippen LogP contribution in [0.3, 0.4) is 0 Å². The van der Waals surface area contributed by atoms with Gasteiger partial charge in [-0.05, 0) is 44.7 Å². The zero-order valence-electron chi connectivity index (χ0n) is 14.5. The Kier molecular flexibility index (Phi) is 8.84. The molecule has 0 saturated heterocycles. The second kappa shape index (κ2) is 9.78. The van der Waals surface area contributed by atoms with Gasteiger partial charge < -0.3 is 25.0 Å². The minimum absolute atomic E-state index is 0. The Morgan fingerprint density at radius 3 is 1.72 bits per heavy atom. The van der Waals surface area contributed by atoms with E-state index in [0.717, 1.165) is 0 Å². The molecule has 1 aromatic rings. The molecule has 0 amide bonds. The third-order valence-corrected chi connectivity index (χ3v) is 2.50. The summed E-state index contributed by atoms with van der Waals surface area (Å²) >= 11 is 0. The van der Waals surface area contributed by atoms with Crippen LogP contribution < -0.4 is 15.3 Å². The van der Waals surface area contributed by atoms with E-state index in [-0.39, 0.29) is 33.8 Å². The Labute approximate surface area is 156 Å². The molecular weight excluding hydrogens is 371 g/mol. The van der Waals surface area contributed by atoms with Gasteiger partial charge in [-0.25, -0.2) is 0 Å². The third kappa shape index (κ3) is 7.35. The van der Waals surface area contributed by atoms with Gasteiger partial charge in [-0.1, -0.05) is 12.1 Å². The molecular formula is C16H19N4NiO4-3. The van der Waals surface area contributed by atoms with E-state index < -0.39 is 23.3 Å². The van der Waals surface area contributed by atoms with Crippen molar-refractivity contribution in [2.75, 3.05) is 14.1 Å². The van der Waals surface area contributed by atoms with Crippen molar-refractivity contribution in [1.82, 2.24) is 0 Å². The molecule has 0 aliphatic rings. The second-order valence-electron chi connectivity index (χ2n) is 5.59. The number of aliphatic imine (C=N–C) groups is 4. The summed E-state index contributed by atoms with van der Waals surface area (Å²) in [5, 5.41) is 35.0. The first-order valence-electron chi connectivity index (χ1n) is 7.08. The monoisotopic (exact) mass is 389 g/mol. The van der Waals surface area contributed by atoms with Crippen LogP contribution >= 0.6 is 0 Å². The SMILES string of the molecule is CN=C([O-])C([O-])=Nc1ccccc1N=C([O-])C(=NC)OC(C)(C)C.[Ni]. The number of hydrogen-bond acceptors (Lipinski definition) is 8. The summed E-state index contributed by atoms with van der Waals surface area (Å²) in [5.41, 5.74) is -0.410. The van der Waals surface area contributed by atoms with Crippen molar-refractivity contribution in [1.29, 1.82) is 0 Å². The van der Waals surface area contributed by atoms with E-state index in [0.29, 0.717) is 0 Å². The minimum atomic E-state index is -1.04. The van der Waals surface area contributed by atoms with Gasteiger partial charge in [0, 0.05) is 30.6 Å². The number of hydrogen-bond donors (Lipinski definition) is 0. The third-order valence-electron chi connectivity index (χ3n) is 2.50. The second-order valence-corrected chi connectivity index (χ2v) is 5.59. The van der Waals surface area contributed by atoms with Crippen molar-refractivity contribution in [2.24, 2.45) is 20.0 Å². The molecule has 0 heterocycles. The fraction of sp³-hybridized carbons (Fsp3) is 0.375. The van der Waals surface area contributed by atoms with Gasteiger partial charge in [0.15, 0.2) is 0 Å². The average molecular weight is 390 g/mol. The van der Waals surface area contributed by atoms with E-state index in [9.17, 15) is 15.3 Å². The van der Waals surface area contributed by atoms with Gasteiger partial charge >= 0.3 is 0 Å². The fourth-order valence-electron chi connectivity index (χ4n) is 1.54. The minimum Gasteiger partial charge on any atom is -0.858 e. The maximum Gasteiger partial charge on any atom is 0.220 e. The number of benzene rings is 1. The molecule has 0 aromatic heterocycles. The van der Waals surface area contributed by atoms with Crippen LogP contribution in [0, 0.1) is 0 Å². The zero-order valence-corrected chi connectivity index (χ0v) is 15.5. The van der Waals surface area contributed by atoms with Crippen LogP contribution in [0.25, 0.3) is 0 Å². The van der Waals surface area contributed by atoms with Crippen molar-refractivity contribution in [3.8, 4) is 0 Å². The van der Waals surface area contributed by atoms with E-state index in [1.54, 1.807) is 32.9 Å². The number of nitrogens with zero attached hydrogens (tertiary/aromatic N) is 4. The van der Waals surface area contributed by atoms with E-state index in [1.165, 1.54) is 26.2 Å². The molecule has 0 atom stereocenters. The molecule has 8 nitrogen and oxygen atoms in total. The van der Waals surface area contributed by atoms with Crippen molar-refractivity contribution < 1.29 is 36.5 Å². The molecule has 1 rings (SSSR count). The van der Waals surface area contributed by atoms with E-state index in [4.69, 9.17) is 4.74 Å². The summed E-state index contributed by atoms with van der Waals surface area (Å²) in [4.78, 5) is 14.5. The smallest absolute Gasteiger partial charge is 0.220 e. The standard InChI is InChI=1S/C16H22N4O4.Ni/c1-16(2,3)24-15(18-5)14(23)20-11-9-7-6-8-10(11)19-13(22)12(21)17-4;/h6-9H,1-5H3,(H,17,21)(H,19,22)(H,20,23);/p-3. The molecule has 0 aliphatic heterocycles. The molecule has 0 fully saturated rings. The zero-order chi connectivity index (χ0) is 18.3. The first-order valence-corrected chi connectivity index (χ1v) is 7.08. The summed E-state index contributed by atoms with van der Waals surface area (Å²) in [6, 6.07) is 6.17. The summed E-state index contributed by atoms with van der Waals surface area (Å²) in [7, 11) is 2.61. The maximum absolute atomic E-state index is 12.2. The van der Waals surface area contributed by atoms with Crippen molar-refractivity contribution in [3.63, 3.8) is 0 Å². The van der Waals surface area contributed by atoms with E-state index in [1.807, 2.05) is 0 Å². The van der Waals surface area contributed by atoms with Gasteiger partial charge in [-0.15, -0.1) is 0 Å². The molecule has 9 heteroatoms. The van der Waals surface area contributed by atoms with Crippen LogP contribution in [0.2, 0.25) is 0 Å². The Morgan fingerprint density at radius 2 is 1.32 bits per heavy atom. The molecule has 0 N–H and O–H groups in total. The van der Waals surface area contributed by atoms with Gasteiger partial charge in [0.25, 0.3) is 0 Å². The number of ether oxygens (including phenoxy) is 1. The van der Waals surface area contributed by atoms with Gasteiger partial charge in [-0.2, -0.15) is 0 Å². The summed E-state index contributed by atoms with van der Waals surface area (Å²) in [5.74, 6) is -2.90. The summed E-state index contributed by atoms with van der Waals surface area (Å²) in [6.07, 6.45) is 0. The number of para-hydroxylation sites is 2.